The number of benzene rings is 2. The van der Waals surface area contributed by atoms with Gasteiger partial charge in [0.15, 0.2) is 0 Å². The van der Waals surface area contributed by atoms with Gasteiger partial charge in [0.1, 0.15) is 17.7 Å². The van der Waals surface area contributed by atoms with Crippen molar-refractivity contribution >= 4 is 29.7 Å². The van der Waals surface area contributed by atoms with E-state index in [2.05, 4.69) is 10.6 Å². The first-order valence-corrected chi connectivity index (χ1v) is 14.7. The first kappa shape index (κ1) is 32.2. The highest BCUT2D eigenvalue weighted by molar-refractivity contribution is 7.98. The second-order valence-electron chi connectivity index (χ2n) is 11.8. The van der Waals surface area contributed by atoms with Crippen LogP contribution in [-0.4, -0.2) is 52.0 Å². The highest BCUT2D eigenvalue weighted by atomic mass is 32.2. The molecule has 2 atom stereocenters. The van der Waals surface area contributed by atoms with Crippen molar-refractivity contribution in [1.29, 1.82) is 0 Å². The minimum absolute atomic E-state index is 0.282. The molecule has 0 saturated heterocycles. The molecule has 8 heteroatoms. The van der Waals surface area contributed by atoms with Gasteiger partial charge in [0.05, 0.1) is 0 Å². The topological polar surface area (TPSA) is 87.7 Å². The first-order chi connectivity index (χ1) is 18.1. The number of ether oxygens (including phenoxy) is 1. The van der Waals surface area contributed by atoms with Gasteiger partial charge in [-0.2, -0.15) is 11.8 Å². The molecule has 39 heavy (non-hydrogen) atoms. The molecule has 2 N–H and O–H groups in total. The minimum Gasteiger partial charge on any atom is -0.444 e. The predicted octanol–water partition coefficient (Wildman–Crippen LogP) is 5.93. The lowest BCUT2D eigenvalue weighted by Crippen LogP contribution is -2.58. The van der Waals surface area contributed by atoms with Crippen molar-refractivity contribution < 1.29 is 19.1 Å². The minimum atomic E-state index is -0.904. The Balaban J connectivity index is 2.54. The normalized spacial score (nSPS) is 13.3. The summed E-state index contributed by atoms with van der Waals surface area (Å²) in [6.07, 6.45) is 1.69. The van der Waals surface area contributed by atoms with Crippen molar-refractivity contribution in [2.75, 3.05) is 12.0 Å². The lowest BCUT2D eigenvalue weighted by Gasteiger charge is -2.43. The predicted molar refractivity (Wildman–Crippen MR) is 160 cm³/mol. The van der Waals surface area contributed by atoms with Crippen LogP contribution in [-0.2, 0) is 20.9 Å². The van der Waals surface area contributed by atoms with E-state index in [1.807, 2.05) is 89.4 Å². The maximum atomic E-state index is 14.3. The summed E-state index contributed by atoms with van der Waals surface area (Å²) in [5.74, 6) is 0.0377. The molecule has 0 radical (unpaired) electrons. The number of hydrogen-bond donors (Lipinski definition) is 2. The molecule has 0 fully saturated rings. The largest absolute Gasteiger partial charge is 0.444 e. The highest BCUT2D eigenvalue weighted by Crippen LogP contribution is 2.32. The fraction of sp³-hybridized carbons (Fsp3) is 0.516. The number of rotatable bonds is 10. The summed E-state index contributed by atoms with van der Waals surface area (Å²) < 4.78 is 5.47. The Morgan fingerprint density at radius 3 is 2.15 bits per heavy atom. The van der Waals surface area contributed by atoms with Crippen molar-refractivity contribution in [2.24, 2.45) is 0 Å². The summed E-state index contributed by atoms with van der Waals surface area (Å²) in [5, 5.41) is 5.84. The maximum absolute atomic E-state index is 14.3. The fourth-order valence-corrected chi connectivity index (χ4v) is 4.84. The average Bonchev–Trinajstić information content (AvgIpc) is 2.82. The third kappa shape index (κ3) is 9.92. The molecule has 0 saturated carbocycles. The smallest absolute Gasteiger partial charge is 0.408 e. The van der Waals surface area contributed by atoms with Crippen molar-refractivity contribution in [2.45, 2.75) is 91.6 Å². The van der Waals surface area contributed by atoms with Crippen LogP contribution in [0.5, 0.6) is 0 Å². The van der Waals surface area contributed by atoms with Gasteiger partial charge in [0.2, 0.25) is 11.8 Å². The number of carbonyl (C=O) groups is 3. The van der Waals surface area contributed by atoms with Crippen LogP contribution in [0.25, 0.3) is 0 Å². The second-order valence-corrected chi connectivity index (χ2v) is 12.8. The SMILES string of the molecule is CSCCC(NC(=O)OC(C)(C)C)C(=O)N(C(C(=O)NCc1ccccc1)c1ccc(C)cc1C)C(C)(C)C. The third-order valence-corrected chi connectivity index (χ3v) is 6.74. The summed E-state index contributed by atoms with van der Waals surface area (Å²) in [7, 11) is 0. The molecule has 3 amide bonds. The van der Waals surface area contributed by atoms with E-state index in [1.165, 1.54) is 0 Å². The van der Waals surface area contributed by atoms with Gasteiger partial charge >= 0.3 is 6.09 Å². The van der Waals surface area contributed by atoms with E-state index in [4.69, 9.17) is 4.74 Å². The van der Waals surface area contributed by atoms with Crippen molar-refractivity contribution in [1.82, 2.24) is 15.5 Å². The van der Waals surface area contributed by atoms with E-state index < -0.39 is 29.3 Å². The standard InChI is InChI=1S/C31H45N3O4S/c1-21-15-16-24(22(2)19-21)26(27(35)32-20-23-13-11-10-12-14-23)34(30(3,4)5)28(36)25(17-18-39-9)33-29(37)38-31(6,7)8/h10-16,19,25-26H,17-18,20H2,1-9H3,(H,32,35)(H,33,37). The number of aryl methyl sites for hydroxylation is 2. The molecule has 7 nitrogen and oxygen atoms in total. The van der Waals surface area contributed by atoms with Crippen LogP contribution in [0.1, 0.15) is 76.3 Å². The molecule has 0 aliphatic rings. The molecule has 0 bridgehead atoms. The van der Waals surface area contributed by atoms with Gasteiger partial charge in [0.25, 0.3) is 0 Å². The van der Waals surface area contributed by atoms with Gasteiger partial charge in [-0.25, -0.2) is 4.79 Å². The molecule has 2 rings (SSSR count). The quantitative estimate of drug-likeness (QED) is 0.379. The summed E-state index contributed by atoms with van der Waals surface area (Å²) >= 11 is 1.59. The van der Waals surface area contributed by atoms with E-state index in [0.717, 1.165) is 22.3 Å². The van der Waals surface area contributed by atoms with Crippen LogP contribution in [0.15, 0.2) is 48.5 Å². The summed E-state index contributed by atoms with van der Waals surface area (Å²) in [6, 6.07) is 13.8. The number of nitrogens with one attached hydrogen (secondary N) is 2. The van der Waals surface area contributed by atoms with Crippen LogP contribution in [0, 0.1) is 13.8 Å². The zero-order chi connectivity index (χ0) is 29.4. The van der Waals surface area contributed by atoms with E-state index in [-0.39, 0.29) is 11.8 Å². The number of carbonyl (C=O) groups excluding carboxylic acids is 3. The molecule has 0 aliphatic carbocycles. The van der Waals surface area contributed by atoms with Crippen molar-refractivity contribution in [3.05, 3.63) is 70.8 Å². The lowest BCUT2D eigenvalue weighted by molar-refractivity contribution is -0.148. The molecule has 0 spiro atoms. The third-order valence-electron chi connectivity index (χ3n) is 6.10. The monoisotopic (exact) mass is 555 g/mol. The van der Waals surface area contributed by atoms with Gasteiger partial charge in [-0.15, -0.1) is 0 Å². The van der Waals surface area contributed by atoms with Gasteiger partial charge in [-0.3, -0.25) is 9.59 Å². The Morgan fingerprint density at radius 2 is 1.62 bits per heavy atom. The molecular weight excluding hydrogens is 510 g/mol. The Morgan fingerprint density at radius 1 is 0.974 bits per heavy atom. The Labute approximate surface area is 238 Å². The van der Waals surface area contributed by atoms with Crippen LogP contribution in [0.4, 0.5) is 4.79 Å². The maximum Gasteiger partial charge on any atom is 0.408 e. The van der Waals surface area contributed by atoms with Gasteiger partial charge in [0, 0.05) is 12.1 Å². The van der Waals surface area contributed by atoms with Gasteiger partial charge in [-0.1, -0.05) is 54.1 Å². The molecule has 2 aromatic rings. The molecular formula is C31H45N3O4S. The Hall–Kier alpha value is -3.00. The molecule has 2 aromatic carbocycles. The molecule has 0 heterocycles. The van der Waals surface area contributed by atoms with E-state index in [9.17, 15) is 14.4 Å². The second kappa shape index (κ2) is 13.9. The number of nitrogens with zero attached hydrogens (tertiary/aromatic N) is 1. The number of amides is 3. The van der Waals surface area contributed by atoms with Crippen molar-refractivity contribution in [3.8, 4) is 0 Å². The van der Waals surface area contributed by atoms with Crippen molar-refractivity contribution in [3.63, 3.8) is 0 Å². The zero-order valence-electron chi connectivity index (χ0n) is 24.9. The van der Waals surface area contributed by atoms with Gasteiger partial charge in [-0.05, 0) is 90.5 Å². The van der Waals surface area contributed by atoms with Crippen LogP contribution < -0.4 is 10.6 Å². The molecule has 0 aromatic heterocycles. The average molecular weight is 556 g/mol. The van der Waals surface area contributed by atoms with E-state index >= 15 is 0 Å². The number of hydrogen-bond acceptors (Lipinski definition) is 5. The zero-order valence-corrected chi connectivity index (χ0v) is 25.7. The summed E-state index contributed by atoms with van der Waals surface area (Å²) in [5.41, 5.74) is 2.24. The van der Waals surface area contributed by atoms with Crippen LogP contribution in [0.3, 0.4) is 0 Å². The first-order valence-electron chi connectivity index (χ1n) is 13.3. The summed E-state index contributed by atoms with van der Waals surface area (Å²) in [6.45, 7) is 15.3. The molecule has 0 aliphatic heterocycles. The number of thioether (sulfide) groups is 1. The summed E-state index contributed by atoms with van der Waals surface area (Å²) in [4.78, 5) is 42.7. The van der Waals surface area contributed by atoms with E-state index in [0.29, 0.717) is 18.7 Å². The van der Waals surface area contributed by atoms with E-state index in [1.54, 1.807) is 37.4 Å². The fourth-order valence-electron chi connectivity index (χ4n) is 4.37. The lowest BCUT2D eigenvalue weighted by atomic mass is 9.92. The van der Waals surface area contributed by atoms with Gasteiger partial charge < -0.3 is 20.3 Å². The van der Waals surface area contributed by atoms with Crippen LogP contribution in [0.2, 0.25) is 0 Å². The Kier molecular flexibility index (Phi) is 11.5. The highest BCUT2D eigenvalue weighted by Gasteiger charge is 2.42. The Bertz CT molecular complexity index is 1120. The number of alkyl carbamates (subject to hydrolysis) is 1. The molecule has 214 valence electrons. The van der Waals surface area contributed by atoms with Crippen LogP contribution >= 0.6 is 11.8 Å². The molecule has 2 unspecified atom stereocenters.